The summed E-state index contributed by atoms with van der Waals surface area (Å²) in [4.78, 5) is 28.4. The third kappa shape index (κ3) is 6.07. The van der Waals surface area contributed by atoms with Gasteiger partial charge in [-0.25, -0.2) is 4.79 Å². The van der Waals surface area contributed by atoms with Gasteiger partial charge in [-0.1, -0.05) is 36.4 Å². The summed E-state index contributed by atoms with van der Waals surface area (Å²) < 4.78 is 5.85. The number of aromatic nitrogens is 1. The fourth-order valence-corrected chi connectivity index (χ4v) is 3.04. The molecule has 7 heteroatoms. The first-order valence-electron chi connectivity index (χ1n) is 9.60. The number of pyridine rings is 1. The minimum Gasteiger partial charge on any atom is -0.457 e. The Bertz CT molecular complexity index is 980. The lowest BCUT2D eigenvalue weighted by molar-refractivity contribution is -0.122. The summed E-state index contributed by atoms with van der Waals surface area (Å²) in [7, 11) is 0. The van der Waals surface area contributed by atoms with Crippen molar-refractivity contribution in [3.63, 3.8) is 0 Å². The molecule has 0 aliphatic heterocycles. The Balaban J connectivity index is 1.71. The lowest BCUT2D eigenvalue weighted by Gasteiger charge is -2.20. The number of urea groups is 1. The highest BCUT2D eigenvalue weighted by Crippen LogP contribution is 2.26. The van der Waals surface area contributed by atoms with Crippen LogP contribution in [0.3, 0.4) is 0 Å². The summed E-state index contributed by atoms with van der Waals surface area (Å²) in [5.41, 5.74) is 6.80. The van der Waals surface area contributed by atoms with Crippen LogP contribution in [0.4, 0.5) is 4.79 Å². The fourth-order valence-electron chi connectivity index (χ4n) is 3.04. The van der Waals surface area contributed by atoms with E-state index in [0.29, 0.717) is 17.1 Å². The van der Waals surface area contributed by atoms with Crippen LogP contribution in [-0.2, 0) is 4.79 Å². The normalized spacial score (nSPS) is 12.4. The van der Waals surface area contributed by atoms with E-state index in [2.05, 4.69) is 15.6 Å². The van der Waals surface area contributed by atoms with Gasteiger partial charge < -0.3 is 21.1 Å². The number of nitrogens with one attached hydrogen (secondary N) is 2. The number of primary amides is 1. The summed E-state index contributed by atoms with van der Waals surface area (Å²) in [5.74, 6) is 1.05. The summed E-state index contributed by atoms with van der Waals surface area (Å²) in [5, 5.41) is 5.54. The molecule has 0 radical (unpaired) electrons. The van der Waals surface area contributed by atoms with E-state index < -0.39 is 12.1 Å². The highest BCUT2D eigenvalue weighted by molar-refractivity contribution is 5.79. The first-order valence-corrected chi connectivity index (χ1v) is 9.60. The zero-order valence-electron chi connectivity index (χ0n) is 16.6. The molecule has 0 unspecified atom stereocenters. The largest absolute Gasteiger partial charge is 0.457 e. The number of carbonyl (C=O) groups is 2. The molecule has 30 heavy (non-hydrogen) atoms. The van der Waals surface area contributed by atoms with E-state index in [1.165, 1.54) is 0 Å². The Morgan fingerprint density at radius 1 is 0.967 bits per heavy atom. The molecule has 1 heterocycles. The van der Waals surface area contributed by atoms with Gasteiger partial charge in [0.25, 0.3) is 0 Å². The van der Waals surface area contributed by atoms with Crippen LogP contribution in [0.2, 0.25) is 0 Å². The van der Waals surface area contributed by atoms with Crippen LogP contribution in [0.25, 0.3) is 0 Å². The number of ether oxygens (including phenoxy) is 1. The molecule has 0 bridgehead atoms. The quantitative estimate of drug-likeness (QED) is 0.530. The third-order valence-electron chi connectivity index (χ3n) is 4.45. The topological polar surface area (TPSA) is 106 Å². The van der Waals surface area contributed by atoms with Crippen molar-refractivity contribution in [3.05, 3.63) is 90.3 Å². The van der Waals surface area contributed by atoms with Crippen LogP contribution in [-0.4, -0.2) is 16.9 Å². The average Bonchev–Trinajstić information content (AvgIpc) is 2.74. The van der Waals surface area contributed by atoms with E-state index in [4.69, 9.17) is 10.5 Å². The van der Waals surface area contributed by atoms with Crippen LogP contribution < -0.4 is 21.1 Å². The molecular weight excluding hydrogens is 380 g/mol. The van der Waals surface area contributed by atoms with Crippen molar-refractivity contribution in [2.75, 3.05) is 0 Å². The van der Waals surface area contributed by atoms with Crippen molar-refractivity contribution in [3.8, 4) is 11.5 Å². The van der Waals surface area contributed by atoms with Crippen LogP contribution in [0.15, 0.2) is 79.0 Å². The number of nitrogens with two attached hydrogens (primary N) is 1. The number of nitrogens with zero attached hydrogens (tertiary/aromatic N) is 1. The lowest BCUT2D eigenvalue weighted by Crippen LogP contribution is -2.37. The summed E-state index contributed by atoms with van der Waals surface area (Å²) >= 11 is 0. The van der Waals surface area contributed by atoms with Crippen molar-refractivity contribution in [2.24, 2.45) is 5.73 Å². The minimum absolute atomic E-state index is 0.0227. The van der Waals surface area contributed by atoms with E-state index in [0.717, 1.165) is 5.69 Å². The Hall–Kier alpha value is -3.87. The predicted octanol–water partition coefficient (Wildman–Crippen LogP) is 3.85. The second kappa shape index (κ2) is 10.1. The van der Waals surface area contributed by atoms with E-state index in [-0.39, 0.29) is 18.4 Å². The Morgan fingerprint density at radius 3 is 2.40 bits per heavy atom. The van der Waals surface area contributed by atoms with Crippen LogP contribution in [0.5, 0.6) is 11.5 Å². The first kappa shape index (κ1) is 20.9. The van der Waals surface area contributed by atoms with Crippen molar-refractivity contribution in [1.29, 1.82) is 0 Å². The zero-order chi connectivity index (χ0) is 21.3. The number of amides is 3. The molecule has 154 valence electrons. The van der Waals surface area contributed by atoms with Gasteiger partial charge in [-0.2, -0.15) is 0 Å². The van der Waals surface area contributed by atoms with Gasteiger partial charge in [-0.15, -0.1) is 0 Å². The number of benzene rings is 2. The van der Waals surface area contributed by atoms with Gasteiger partial charge in [0.2, 0.25) is 5.91 Å². The van der Waals surface area contributed by atoms with Gasteiger partial charge in [-0.05, 0) is 48.9 Å². The predicted molar refractivity (Wildman–Crippen MR) is 114 cm³/mol. The number of hydrogen-bond donors (Lipinski definition) is 3. The SMILES string of the molecule is C[C@H](NC(=O)C[C@@H](NC(N)=O)c1cccc(Oc2ccccc2)c1)c1ccccn1. The molecule has 4 N–H and O–H groups in total. The molecule has 3 rings (SSSR count). The molecule has 0 aliphatic carbocycles. The fraction of sp³-hybridized carbons (Fsp3) is 0.174. The summed E-state index contributed by atoms with van der Waals surface area (Å²) in [6, 6.07) is 20.5. The summed E-state index contributed by atoms with van der Waals surface area (Å²) in [6.07, 6.45) is 1.70. The molecular formula is C23H24N4O3. The lowest BCUT2D eigenvalue weighted by atomic mass is 10.0. The van der Waals surface area contributed by atoms with E-state index in [1.54, 1.807) is 24.4 Å². The molecule has 0 fully saturated rings. The number of hydrogen-bond acceptors (Lipinski definition) is 4. The standard InChI is InChI=1S/C23H24N4O3/c1-16(20-12-5-6-13-25-20)26-22(28)15-21(27-23(24)29)17-8-7-11-19(14-17)30-18-9-3-2-4-10-18/h2-14,16,21H,15H2,1H3,(H,26,28)(H3,24,27,29)/t16-,21+/m0/s1. The van der Waals surface area contributed by atoms with E-state index >= 15 is 0 Å². The van der Waals surface area contributed by atoms with Crippen LogP contribution >= 0.6 is 0 Å². The van der Waals surface area contributed by atoms with Crippen LogP contribution in [0, 0.1) is 0 Å². The maximum atomic E-state index is 12.6. The first-order chi connectivity index (χ1) is 14.5. The monoisotopic (exact) mass is 404 g/mol. The molecule has 0 spiro atoms. The minimum atomic E-state index is -0.708. The van der Waals surface area contributed by atoms with Gasteiger partial charge in [-0.3, -0.25) is 9.78 Å². The molecule has 7 nitrogen and oxygen atoms in total. The highest BCUT2D eigenvalue weighted by atomic mass is 16.5. The van der Waals surface area contributed by atoms with Gasteiger partial charge >= 0.3 is 6.03 Å². The summed E-state index contributed by atoms with van der Waals surface area (Å²) in [6.45, 7) is 1.85. The highest BCUT2D eigenvalue weighted by Gasteiger charge is 2.20. The number of para-hydroxylation sites is 1. The molecule has 1 aromatic heterocycles. The second-order valence-corrected chi connectivity index (χ2v) is 6.80. The molecule has 3 aromatic rings. The number of rotatable bonds is 8. The van der Waals surface area contributed by atoms with Gasteiger partial charge in [0, 0.05) is 6.20 Å². The van der Waals surface area contributed by atoms with Crippen molar-refractivity contribution < 1.29 is 14.3 Å². The second-order valence-electron chi connectivity index (χ2n) is 6.80. The zero-order valence-corrected chi connectivity index (χ0v) is 16.6. The molecule has 3 amide bonds. The molecule has 2 aromatic carbocycles. The molecule has 0 aliphatic rings. The maximum Gasteiger partial charge on any atom is 0.312 e. The van der Waals surface area contributed by atoms with E-state index in [1.807, 2.05) is 61.5 Å². The van der Waals surface area contributed by atoms with E-state index in [9.17, 15) is 9.59 Å². The van der Waals surface area contributed by atoms with Crippen molar-refractivity contribution in [1.82, 2.24) is 15.6 Å². The maximum absolute atomic E-state index is 12.6. The molecule has 0 saturated heterocycles. The van der Waals surface area contributed by atoms with Crippen molar-refractivity contribution in [2.45, 2.75) is 25.4 Å². The number of carbonyl (C=O) groups excluding carboxylic acids is 2. The van der Waals surface area contributed by atoms with Gasteiger partial charge in [0.1, 0.15) is 11.5 Å². The van der Waals surface area contributed by atoms with Gasteiger partial charge in [0.15, 0.2) is 0 Å². The Labute approximate surface area is 175 Å². The molecule has 0 saturated carbocycles. The Morgan fingerprint density at radius 2 is 1.70 bits per heavy atom. The average molecular weight is 404 g/mol. The Kier molecular flexibility index (Phi) is 7.00. The van der Waals surface area contributed by atoms with Crippen LogP contribution in [0.1, 0.15) is 36.7 Å². The smallest absolute Gasteiger partial charge is 0.312 e. The molecule has 2 atom stereocenters. The third-order valence-corrected chi connectivity index (χ3v) is 4.45. The van der Waals surface area contributed by atoms with Gasteiger partial charge in [0.05, 0.1) is 24.2 Å². The van der Waals surface area contributed by atoms with Crippen molar-refractivity contribution >= 4 is 11.9 Å².